The molecule has 2 aromatic rings. The molecule has 1 atom stereocenters. The molecule has 136 valence electrons. The number of benzene rings is 2. The van der Waals surface area contributed by atoms with Crippen molar-refractivity contribution < 1.29 is 17.2 Å². The second-order valence-electron chi connectivity index (χ2n) is 6.24. The van der Waals surface area contributed by atoms with E-state index in [2.05, 4.69) is 4.72 Å². The van der Waals surface area contributed by atoms with Crippen LogP contribution >= 0.6 is 0 Å². The molecule has 1 unspecified atom stereocenters. The van der Waals surface area contributed by atoms with Crippen LogP contribution in [0, 0.1) is 25.5 Å². The van der Waals surface area contributed by atoms with Crippen LogP contribution in [0.15, 0.2) is 41.3 Å². The highest BCUT2D eigenvalue weighted by molar-refractivity contribution is 7.89. The Bertz CT molecular complexity index is 847. The van der Waals surface area contributed by atoms with Gasteiger partial charge in [-0.25, -0.2) is 21.9 Å². The number of hydrogen-bond acceptors (Lipinski definition) is 3. The smallest absolute Gasteiger partial charge is 0.240 e. The van der Waals surface area contributed by atoms with Crippen molar-refractivity contribution in [2.45, 2.75) is 24.8 Å². The Balaban J connectivity index is 2.30. The molecule has 7 heteroatoms. The van der Waals surface area contributed by atoms with Crippen LogP contribution in [0.2, 0.25) is 0 Å². The maximum absolute atomic E-state index is 14.1. The van der Waals surface area contributed by atoms with Crippen LogP contribution in [-0.2, 0) is 10.0 Å². The summed E-state index contributed by atoms with van der Waals surface area (Å²) in [6.07, 6.45) is 0. The molecule has 0 saturated carbocycles. The lowest BCUT2D eigenvalue weighted by Crippen LogP contribution is -2.35. The van der Waals surface area contributed by atoms with E-state index in [1.54, 1.807) is 38.1 Å². The molecule has 0 bridgehead atoms. The van der Waals surface area contributed by atoms with E-state index < -0.39 is 27.7 Å². The van der Waals surface area contributed by atoms with E-state index in [1.165, 1.54) is 12.1 Å². The molecular weight excluding hydrogens is 346 g/mol. The quantitative estimate of drug-likeness (QED) is 0.852. The summed E-state index contributed by atoms with van der Waals surface area (Å²) in [5.74, 6) is -1.41. The first-order valence-electron chi connectivity index (χ1n) is 7.80. The summed E-state index contributed by atoms with van der Waals surface area (Å²) in [6.45, 7) is 3.43. The predicted molar refractivity (Wildman–Crippen MR) is 93.9 cm³/mol. The maximum Gasteiger partial charge on any atom is 0.240 e. The minimum atomic E-state index is -3.79. The van der Waals surface area contributed by atoms with Gasteiger partial charge in [-0.2, -0.15) is 0 Å². The summed E-state index contributed by atoms with van der Waals surface area (Å²) >= 11 is 0. The van der Waals surface area contributed by atoms with Crippen LogP contribution in [0.25, 0.3) is 0 Å². The molecule has 2 rings (SSSR count). The van der Waals surface area contributed by atoms with Crippen molar-refractivity contribution in [1.29, 1.82) is 0 Å². The molecule has 0 fully saturated rings. The monoisotopic (exact) mass is 368 g/mol. The topological polar surface area (TPSA) is 49.4 Å². The zero-order valence-electron chi connectivity index (χ0n) is 14.7. The third kappa shape index (κ3) is 4.42. The molecule has 4 nitrogen and oxygen atoms in total. The summed E-state index contributed by atoms with van der Waals surface area (Å²) in [7, 11) is -0.510. The lowest BCUT2D eigenvalue weighted by Gasteiger charge is -2.26. The molecule has 0 amide bonds. The van der Waals surface area contributed by atoms with E-state index in [4.69, 9.17) is 0 Å². The van der Waals surface area contributed by atoms with Gasteiger partial charge in [-0.05, 0) is 51.7 Å². The molecule has 0 saturated heterocycles. The molecule has 2 aromatic carbocycles. The number of likely N-dealkylation sites (N-methyl/N-ethyl adjacent to an activating group) is 1. The van der Waals surface area contributed by atoms with E-state index in [1.807, 2.05) is 6.92 Å². The molecule has 25 heavy (non-hydrogen) atoms. The Morgan fingerprint density at radius 3 is 2.20 bits per heavy atom. The van der Waals surface area contributed by atoms with Crippen LogP contribution in [0.4, 0.5) is 8.78 Å². The first kappa shape index (κ1) is 19.5. The van der Waals surface area contributed by atoms with Crippen LogP contribution in [-0.4, -0.2) is 34.0 Å². The van der Waals surface area contributed by atoms with Crippen molar-refractivity contribution >= 4 is 10.0 Å². The minimum Gasteiger partial charge on any atom is -0.301 e. The van der Waals surface area contributed by atoms with Crippen LogP contribution in [0.1, 0.15) is 22.7 Å². The largest absolute Gasteiger partial charge is 0.301 e. The van der Waals surface area contributed by atoms with Gasteiger partial charge in [0.25, 0.3) is 0 Å². The van der Waals surface area contributed by atoms with Crippen molar-refractivity contribution in [2.24, 2.45) is 0 Å². The van der Waals surface area contributed by atoms with E-state index in [-0.39, 0.29) is 17.0 Å². The van der Waals surface area contributed by atoms with Crippen LogP contribution < -0.4 is 4.72 Å². The number of halogens is 2. The van der Waals surface area contributed by atoms with Gasteiger partial charge in [0.2, 0.25) is 10.0 Å². The third-order valence-corrected chi connectivity index (χ3v) is 5.63. The second-order valence-corrected chi connectivity index (χ2v) is 7.97. The first-order valence-corrected chi connectivity index (χ1v) is 9.29. The molecule has 0 radical (unpaired) electrons. The number of sulfonamides is 1. The summed E-state index contributed by atoms with van der Waals surface area (Å²) in [4.78, 5) is 1.73. The Labute approximate surface area is 147 Å². The zero-order chi connectivity index (χ0) is 18.8. The summed E-state index contributed by atoms with van der Waals surface area (Å²) < 4.78 is 55.8. The molecular formula is C18H22F2N2O2S. The van der Waals surface area contributed by atoms with Gasteiger partial charge in [-0.3, -0.25) is 0 Å². The van der Waals surface area contributed by atoms with Gasteiger partial charge in [-0.1, -0.05) is 23.8 Å². The zero-order valence-corrected chi connectivity index (χ0v) is 15.5. The molecule has 0 aliphatic heterocycles. The van der Waals surface area contributed by atoms with Gasteiger partial charge < -0.3 is 4.90 Å². The lowest BCUT2D eigenvalue weighted by atomic mass is 10.0. The number of hydrogen-bond donors (Lipinski definition) is 1. The normalized spacial score (nSPS) is 13.2. The summed E-state index contributed by atoms with van der Waals surface area (Å²) in [5.41, 5.74) is 1.41. The van der Waals surface area contributed by atoms with Gasteiger partial charge in [0, 0.05) is 12.1 Å². The third-order valence-electron chi connectivity index (χ3n) is 4.04. The molecule has 1 N–H and O–H groups in total. The lowest BCUT2D eigenvalue weighted by molar-refractivity contribution is 0.283. The van der Waals surface area contributed by atoms with E-state index >= 15 is 0 Å². The number of nitrogens with one attached hydrogen (secondary N) is 1. The standard InChI is InChI=1S/C18H22F2N2O2S/c1-12-8-9-17(13(2)10-12)25(23,24)21-11-16(22(3)4)18-14(19)6-5-7-15(18)20/h5-10,16,21H,11H2,1-4H3. The van der Waals surface area contributed by atoms with Gasteiger partial charge in [0.1, 0.15) is 11.6 Å². The Morgan fingerprint density at radius 2 is 1.68 bits per heavy atom. The fourth-order valence-corrected chi connectivity index (χ4v) is 4.00. The van der Waals surface area contributed by atoms with Crippen molar-refractivity contribution in [3.63, 3.8) is 0 Å². The Hall–Kier alpha value is -1.83. The predicted octanol–water partition coefficient (Wildman–Crippen LogP) is 3.16. The average molecular weight is 368 g/mol. The highest BCUT2D eigenvalue weighted by Crippen LogP contribution is 2.25. The van der Waals surface area contributed by atoms with Gasteiger partial charge in [-0.15, -0.1) is 0 Å². The van der Waals surface area contributed by atoms with Crippen molar-refractivity contribution in [3.8, 4) is 0 Å². The maximum atomic E-state index is 14.1. The Kier molecular flexibility index (Phi) is 5.92. The highest BCUT2D eigenvalue weighted by Gasteiger charge is 2.25. The van der Waals surface area contributed by atoms with Crippen molar-refractivity contribution in [1.82, 2.24) is 9.62 Å². The molecule has 0 aliphatic rings. The molecule has 0 aromatic heterocycles. The van der Waals surface area contributed by atoms with Gasteiger partial charge >= 0.3 is 0 Å². The van der Waals surface area contributed by atoms with Crippen LogP contribution in [0.5, 0.6) is 0 Å². The van der Waals surface area contributed by atoms with Crippen LogP contribution in [0.3, 0.4) is 0 Å². The van der Waals surface area contributed by atoms with E-state index in [0.717, 1.165) is 17.7 Å². The SMILES string of the molecule is Cc1ccc(S(=O)(=O)NCC(c2c(F)cccc2F)N(C)C)c(C)c1. The van der Waals surface area contributed by atoms with Crippen molar-refractivity contribution in [3.05, 3.63) is 64.7 Å². The van der Waals surface area contributed by atoms with Gasteiger partial charge in [0.15, 0.2) is 0 Å². The number of aryl methyl sites for hydroxylation is 2. The molecule has 0 spiro atoms. The molecule has 0 heterocycles. The average Bonchev–Trinajstić information content (AvgIpc) is 2.49. The number of rotatable bonds is 6. The summed E-state index contributed by atoms with van der Waals surface area (Å²) in [5, 5.41) is 0. The molecule has 0 aliphatic carbocycles. The minimum absolute atomic E-state index is 0.152. The first-order chi connectivity index (χ1) is 11.6. The van der Waals surface area contributed by atoms with E-state index in [9.17, 15) is 17.2 Å². The van der Waals surface area contributed by atoms with Gasteiger partial charge in [0.05, 0.1) is 10.9 Å². The second kappa shape index (κ2) is 7.59. The Morgan fingerprint density at radius 1 is 1.08 bits per heavy atom. The number of nitrogens with zero attached hydrogens (tertiary/aromatic N) is 1. The van der Waals surface area contributed by atoms with Crippen molar-refractivity contribution in [2.75, 3.05) is 20.6 Å². The highest BCUT2D eigenvalue weighted by atomic mass is 32.2. The fraction of sp³-hybridized carbons (Fsp3) is 0.333. The van der Waals surface area contributed by atoms with E-state index in [0.29, 0.717) is 5.56 Å². The fourth-order valence-electron chi connectivity index (χ4n) is 2.74. The summed E-state index contributed by atoms with van der Waals surface area (Å²) in [6, 6.07) is 7.83.